The molecule has 0 spiro atoms. The van der Waals surface area contributed by atoms with Gasteiger partial charge in [0.2, 0.25) is 0 Å². The number of hydrogen-bond donors (Lipinski definition) is 1. The van der Waals surface area contributed by atoms with Gasteiger partial charge in [0.1, 0.15) is 0 Å². The lowest BCUT2D eigenvalue weighted by Crippen LogP contribution is -2.43. The summed E-state index contributed by atoms with van der Waals surface area (Å²) in [7, 11) is 2.42. The van der Waals surface area contributed by atoms with Crippen molar-refractivity contribution < 1.29 is 13.3 Å². The topological polar surface area (TPSA) is 27.7 Å². The summed E-state index contributed by atoms with van der Waals surface area (Å²) >= 11 is 4.06. The molecule has 0 radical (unpaired) electrons. The zero-order chi connectivity index (χ0) is 10.3. The van der Waals surface area contributed by atoms with E-state index >= 15 is 0 Å². The van der Waals surface area contributed by atoms with Crippen LogP contribution in [0.25, 0.3) is 0 Å². The fraction of sp³-hybridized carbons (Fsp3) is 1.00. The van der Waals surface area contributed by atoms with Gasteiger partial charge in [-0.1, -0.05) is 10.8 Å². The largest absolute Gasteiger partial charge is 0.497 e. The van der Waals surface area contributed by atoms with Crippen LogP contribution in [0.2, 0.25) is 6.55 Å². The van der Waals surface area contributed by atoms with Crippen molar-refractivity contribution in [3.63, 3.8) is 0 Å². The number of hydrogen-bond acceptors (Lipinski definition) is 5. The lowest BCUT2D eigenvalue weighted by Gasteiger charge is -2.26. The van der Waals surface area contributed by atoms with Crippen LogP contribution in [-0.4, -0.2) is 34.9 Å². The maximum absolute atomic E-state index is 5.69. The van der Waals surface area contributed by atoms with Crippen LogP contribution in [0.5, 0.6) is 0 Å². The molecule has 80 valence electrons. The molecule has 0 aromatic heterocycles. The monoisotopic (exact) mass is 242 g/mol. The molecule has 0 aromatic rings. The third-order valence-electron chi connectivity index (χ3n) is 1.77. The van der Waals surface area contributed by atoms with Gasteiger partial charge in [-0.3, -0.25) is 0 Å². The van der Waals surface area contributed by atoms with Gasteiger partial charge < -0.3 is 13.3 Å². The predicted molar refractivity (Wildman–Crippen MR) is 62.2 cm³/mol. The molecule has 0 amide bonds. The Morgan fingerprint density at radius 2 is 1.92 bits per heavy atom. The van der Waals surface area contributed by atoms with Crippen LogP contribution in [-0.2, 0) is 13.3 Å². The van der Waals surface area contributed by atoms with Crippen molar-refractivity contribution in [3.8, 4) is 0 Å². The van der Waals surface area contributed by atoms with E-state index in [2.05, 4.69) is 11.7 Å². The summed E-state index contributed by atoms with van der Waals surface area (Å²) < 4.78 is 16.1. The second-order valence-corrected chi connectivity index (χ2v) is 7.04. The van der Waals surface area contributed by atoms with Gasteiger partial charge in [0.25, 0.3) is 0 Å². The standard InChI is InChI=1S/C7H18O3S2Si/c1-7(5-6-12-11)10-13(4,8-2)9-3/h7,11H,5-6H2,1-4H3. The van der Waals surface area contributed by atoms with Crippen molar-refractivity contribution in [2.45, 2.75) is 26.0 Å². The molecule has 0 aromatic carbocycles. The van der Waals surface area contributed by atoms with Crippen LogP contribution in [0.15, 0.2) is 0 Å². The van der Waals surface area contributed by atoms with Gasteiger partial charge in [-0.25, -0.2) is 0 Å². The molecule has 1 unspecified atom stereocenters. The molecular formula is C7H18O3S2Si. The molecule has 0 fully saturated rings. The highest BCUT2D eigenvalue weighted by Crippen LogP contribution is 2.15. The van der Waals surface area contributed by atoms with Gasteiger partial charge in [-0.05, 0) is 13.3 Å². The molecule has 0 N–H and O–H groups in total. The summed E-state index contributed by atoms with van der Waals surface area (Å²) in [5, 5.41) is 0. The highest BCUT2D eigenvalue weighted by molar-refractivity contribution is 8.68. The van der Waals surface area contributed by atoms with Crippen LogP contribution in [0.3, 0.4) is 0 Å². The zero-order valence-corrected chi connectivity index (χ0v) is 11.3. The summed E-state index contributed by atoms with van der Waals surface area (Å²) in [6.07, 6.45) is 1.12. The minimum atomic E-state index is -2.34. The first-order chi connectivity index (χ1) is 6.08. The molecule has 6 heteroatoms. The number of thiol groups is 1. The van der Waals surface area contributed by atoms with E-state index in [9.17, 15) is 0 Å². The highest BCUT2D eigenvalue weighted by Gasteiger charge is 2.33. The van der Waals surface area contributed by atoms with Gasteiger partial charge in [-0.15, -0.1) is 11.7 Å². The van der Waals surface area contributed by atoms with Crippen LogP contribution < -0.4 is 0 Å². The minimum absolute atomic E-state index is 0.163. The fourth-order valence-corrected chi connectivity index (χ4v) is 2.78. The summed E-state index contributed by atoms with van der Waals surface area (Å²) in [6, 6.07) is 0. The molecule has 0 aliphatic rings. The molecule has 1 atom stereocenters. The molecular weight excluding hydrogens is 224 g/mol. The Hall–Kier alpha value is 0.797. The molecule has 0 aliphatic heterocycles. The van der Waals surface area contributed by atoms with Gasteiger partial charge in [0.05, 0.1) is 0 Å². The van der Waals surface area contributed by atoms with Crippen molar-refractivity contribution in [1.29, 1.82) is 0 Å². The fourth-order valence-electron chi connectivity index (χ4n) is 0.823. The summed E-state index contributed by atoms with van der Waals surface area (Å²) in [4.78, 5) is 0. The number of rotatable bonds is 7. The first-order valence-electron chi connectivity index (χ1n) is 4.12. The van der Waals surface area contributed by atoms with E-state index in [1.807, 2.05) is 13.5 Å². The molecule has 13 heavy (non-hydrogen) atoms. The lowest BCUT2D eigenvalue weighted by atomic mass is 10.3. The average molecular weight is 242 g/mol. The Bertz CT molecular complexity index is 133. The van der Waals surface area contributed by atoms with E-state index in [1.54, 1.807) is 14.2 Å². The first-order valence-corrected chi connectivity index (χ1v) is 8.38. The molecule has 0 rings (SSSR count). The summed E-state index contributed by atoms with van der Waals surface area (Å²) in [5.74, 6) is 0.974. The summed E-state index contributed by atoms with van der Waals surface area (Å²) in [6.45, 7) is 3.91. The highest BCUT2D eigenvalue weighted by atomic mass is 33.1. The van der Waals surface area contributed by atoms with E-state index in [0.717, 1.165) is 12.2 Å². The summed E-state index contributed by atoms with van der Waals surface area (Å²) in [5.41, 5.74) is 0. The Kier molecular flexibility index (Phi) is 7.57. The van der Waals surface area contributed by atoms with E-state index in [0.29, 0.717) is 0 Å². The van der Waals surface area contributed by atoms with Gasteiger partial charge in [-0.2, -0.15) is 0 Å². The van der Waals surface area contributed by atoms with Crippen molar-refractivity contribution in [2.24, 2.45) is 0 Å². The lowest BCUT2D eigenvalue weighted by molar-refractivity contribution is 0.0679. The Balaban J connectivity index is 3.79. The molecule has 0 heterocycles. The zero-order valence-electron chi connectivity index (χ0n) is 8.57. The predicted octanol–water partition coefficient (Wildman–Crippen LogP) is 2.22. The van der Waals surface area contributed by atoms with E-state index in [1.165, 1.54) is 10.8 Å². The second kappa shape index (κ2) is 7.14. The van der Waals surface area contributed by atoms with E-state index < -0.39 is 8.80 Å². The quantitative estimate of drug-likeness (QED) is 0.421. The Morgan fingerprint density at radius 1 is 1.38 bits per heavy atom. The molecule has 0 bridgehead atoms. The maximum Gasteiger partial charge on any atom is 0.497 e. The van der Waals surface area contributed by atoms with Gasteiger partial charge >= 0.3 is 8.80 Å². The van der Waals surface area contributed by atoms with E-state index in [4.69, 9.17) is 13.3 Å². The molecule has 3 nitrogen and oxygen atoms in total. The van der Waals surface area contributed by atoms with Crippen molar-refractivity contribution >= 4 is 31.3 Å². The molecule has 0 saturated carbocycles. The van der Waals surface area contributed by atoms with Crippen molar-refractivity contribution in [1.82, 2.24) is 0 Å². The van der Waals surface area contributed by atoms with Crippen LogP contribution in [0.4, 0.5) is 0 Å². The Morgan fingerprint density at radius 3 is 2.31 bits per heavy atom. The van der Waals surface area contributed by atoms with Gasteiger partial charge in [0.15, 0.2) is 0 Å². The Labute approximate surface area is 90.7 Å². The van der Waals surface area contributed by atoms with Crippen molar-refractivity contribution in [2.75, 3.05) is 20.0 Å². The SMILES string of the molecule is CO[Si](C)(OC)OC(C)CCSS. The third kappa shape index (κ3) is 5.98. The van der Waals surface area contributed by atoms with Crippen molar-refractivity contribution in [3.05, 3.63) is 0 Å². The van der Waals surface area contributed by atoms with Crippen LogP contribution in [0.1, 0.15) is 13.3 Å². The van der Waals surface area contributed by atoms with Crippen LogP contribution >= 0.6 is 22.5 Å². The maximum atomic E-state index is 5.69. The third-order valence-corrected chi connectivity index (χ3v) is 5.05. The van der Waals surface area contributed by atoms with E-state index in [-0.39, 0.29) is 6.10 Å². The normalized spacial score (nSPS) is 14.5. The first kappa shape index (κ1) is 13.8. The van der Waals surface area contributed by atoms with Crippen LogP contribution in [0, 0.1) is 0 Å². The average Bonchev–Trinajstić information content (AvgIpc) is 2.14. The second-order valence-electron chi connectivity index (χ2n) is 2.82. The minimum Gasteiger partial charge on any atom is -0.377 e. The smallest absolute Gasteiger partial charge is 0.377 e. The molecule has 0 saturated heterocycles. The molecule has 0 aliphatic carbocycles. The van der Waals surface area contributed by atoms with Gasteiger partial charge in [0, 0.05) is 32.6 Å².